The molecule has 3 aromatic rings. The van der Waals surface area contributed by atoms with Crippen LogP contribution in [0.3, 0.4) is 0 Å². The van der Waals surface area contributed by atoms with Crippen molar-refractivity contribution in [2.24, 2.45) is 0 Å². The highest BCUT2D eigenvalue weighted by Crippen LogP contribution is 2.18. The third-order valence-electron chi connectivity index (χ3n) is 2.40. The zero-order valence-electron chi connectivity index (χ0n) is 8.47. The lowest BCUT2D eigenvalue weighted by molar-refractivity contribution is 1.15. The Morgan fingerprint density at radius 3 is 3.19 bits per heavy atom. The van der Waals surface area contributed by atoms with E-state index in [4.69, 9.17) is 0 Å². The minimum Gasteiger partial charge on any atom is -0.357 e. The van der Waals surface area contributed by atoms with Gasteiger partial charge in [-0.15, -0.1) is 11.3 Å². The smallest absolute Gasteiger partial charge is 0.182 e. The van der Waals surface area contributed by atoms with Crippen molar-refractivity contribution in [1.82, 2.24) is 15.0 Å². The maximum atomic E-state index is 4.25. The molecular formula is C11H10N4S. The number of hydrogen-bond acceptors (Lipinski definition) is 4. The molecule has 3 heterocycles. The summed E-state index contributed by atoms with van der Waals surface area (Å²) < 4.78 is 0. The predicted octanol–water partition coefficient (Wildman–Crippen LogP) is 2.63. The van der Waals surface area contributed by atoms with Gasteiger partial charge in [-0.05, 0) is 17.7 Å². The van der Waals surface area contributed by atoms with Gasteiger partial charge in [0.05, 0.1) is 0 Å². The molecule has 0 unspecified atom stereocenters. The summed E-state index contributed by atoms with van der Waals surface area (Å²) >= 11 is 1.60. The Labute approximate surface area is 96.4 Å². The van der Waals surface area contributed by atoms with Crippen LogP contribution in [0.25, 0.3) is 11.0 Å². The third kappa shape index (κ3) is 1.65. The van der Waals surface area contributed by atoms with Crippen molar-refractivity contribution < 1.29 is 0 Å². The summed E-state index contributed by atoms with van der Waals surface area (Å²) in [5.74, 6) is 0. The number of anilines is 1. The van der Waals surface area contributed by atoms with Crippen molar-refractivity contribution in [2.75, 3.05) is 5.32 Å². The number of hydrogen-bond donors (Lipinski definition) is 2. The molecule has 80 valence electrons. The Bertz CT molecular complexity index is 585. The molecule has 2 N–H and O–H groups in total. The van der Waals surface area contributed by atoms with Crippen LogP contribution in [0.15, 0.2) is 36.1 Å². The zero-order valence-corrected chi connectivity index (χ0v) is 9.29. The lowest BCUT2D eigenvalue weighted by Crippen LogP contribution is -1.97. The monoisotopic (exact) mass is 230 g/mol. The lowest BCUT2D eigenvalue weighted by atomic mass is 10.2. The van der Waals surface area contributed by atoms with Crippen LogP contribution in [0.1, 0.15) is 5.56 Å². The molecule has 0 fully saturated rings. The topological polar surface area (TPSA) is 53.6 Å². The molecule has 0 aliphatic carbocycles. The van der Waals surface area contributed by atoms with Gasteiger partial charge in [0.25, 0.3) is 0 Å². The van der Waals surface area contributed by atoms with E-state index >= 15 is 0 Å². The van der Waals surface area contributed by atoms with Crippen molar-refractivity contribution in [3.63, 3.8) is 0 Å². The Kier molecular flexibility index (Phi) is 2.30. The van der Waals surface area contributed by atoms with E-state index in [9.17, 15) is 0 Å². The molecule has 5 heteroatoms. The largest absolute Gasteiger partial charge is 0.357 e. The molecule has 3 rings (SSSR count). The number of thiazole rings is 1. The van der Waals surface area contributed by atoms with Crippen LogP contribution < -0.4 is 5.32 Å². The summed E-state index contributed by atoms with van der Waals surface area (Å²) in [6, 6.07) is 4.01. The highest BCUT2D eigenvalue weighted by atomic mass is 32.1. The highest BCUT2D eigenvalue weighted by molar-refractivity contribution is 7.13. The van der Waals surface area contributed by atoms with E-state index in [0.29, 0.717) is 0 Å². The minimum absolute atomic E-state index is 0.763. The second-order valence-electron chi connectivity index (χ2n) is 3.40. The zero-order chi connectivity index (χ0) is 10.8. The van der Waals surface area contributed by atoms with E-state index in [0.717, 1.165) is 22.7 Å². The molecule has 0 aromatic carbocycles. The Balaban J connectivity index is 1.84. The first kappa shape index (κ1) is 9.35. The van der Waals surface area contributed by atoms with E-state index in [1.54, 1.807) is 23.7 Å². The average molecular weight is 230 g/mol. The second-order valence-corrected chi connectivity index (χ2v) is 4.30. The van der Waals surface area contributed by atoms with Crippen molar-refractivity contribution >= 4 is 27.5 Å². The number of rotatable bonds is 3. The number of aromatic nitrogens is 3. The summed E-state index contributed by atoms with van der Waals surface area (Å²) in [4.78, 5) is 11.6. The van der Waals surface area contributed by atoms with Crippen LogP contribution in [0.2, 0.25) is 0 Å². The Morgan fingerprint density at radius 2 is 2.31 bits per heavy atom. The number of nitrogens with zero attached hydrogens (tertiary/aromatic N) is 2. The molecule has 0 aliphatic heterocycles. The molecule has 0 amide bonds. The van der Waals surface area contributed by atoms with Gasteiger partial charge in [0, 0.05) is 35.9 Å². The van der Waals surface area contributed by atoms with Crippen LogP contribution in [-0.4, -0.2) is 15.0 Å². The van der Waals surface area contributed by atoms with Gasteiger partial charge in [0.15, 0.2) is 5.13 Å². The summed E-state index contributed by atoms with van der Waals surface area (Å²) in [5.41, 5.74) is 2.14. The van der Waals surface area contributed by atoms with Crippen molar-refractivity contribution in [3.05, 3.63) is 41.7 Å². The molecule has 0 radical (unpaired) electrons. The number of fused-ring (bicyclic) bond motifs is 1. The second kappa shape index (κ2) is 3.94. The summed E-state index contributed by atoms with van der Waals surface area (Å²) in [7, 11) is 0. The van der Waals surface area contributed by atoms with Crippen LogP contribution in [0, 0.1) is 0 Å². The molecule has 0 spiro atoms. The van der Waals surface area contributed by atoms with E-state index < -0.39 is 0 Å². The fourth-order valence-electron chi connectivity index (χ4n) is 1.64. The van der Waals surface area contributed by atoms with Crippen molar-refractivity contribution in [3.8, 4) is 0 Å². The van der Waals surface area contributed by atoms with Crippen molar-refractivity contribution in [2.45, 2.75) is 6.54 Å². The van der Waals surface area contributed by atoms with Gasteiger partial charge in [-0.25, -0.2) is 9.97 Å². The SMILES string of the molecule is c1cnc2[nH]cc(CNc3nccs3)c2c1. The van der Waals surface area contributed by atoms with Crippen LogP contribution in [0.5, 0.6) is 0 Å². The van der Waals surface area contributed by atoms with Crippen molar-refractivity contribution in [1.29, 1.82) is 0 Å². The van der Waals surface area contributed by atoms with Gasteiger partial charge < -0.3 is 10.3 Å². The lowest BCUT2D eigenvalue weighted by Gasteiger charge is -2.00. The van der Waals surface area contributed by atoms with E-state index in [1.807, 2.05) is 17.6 Å². The number of nitrogens with one attached hydrogen (secondary N) is 2. The van der Waals surface area contributed by atoms with E-state index in [-0.39, 0.29) is 0 Å². The normalized spacial score (nSPS) is 10.8. The molecule has 0 bridgehead atoms. The summed E-state index contributed by atoms with van der Waals surface area (Å²) in [6.45, 7) is 0.763. The van der Waals surface area contributed by atoms with E-state index in [2.05, 4.69) is 26.3 Å². The van der Waals surface area contributed by atoms with Crippen LogP contribution in [-0.2, 0) is 6.54 Å². The molecule has 0 atom stereocenters. The van der Waals surface area contributed by atoms with Crippen LogP contribution >= 0.6 is 11.3 Å². The van der Waals surface area contributed by atoms with Gasteiger partial charge in [-0.3, -0.25) is 0 Å². The quantitative estimate of drug-likeness (QED) is 0.727. The summed E-state index contributed by atoms with van der Waals surface area (Å²) in [5, 5.41) is 7.34. The number of aromatic amines is 1. The Hall–Kier alpha value is -1.88. The first-order valence-electron chi connectivity index (χ1n) is 4.98. The van der Waals surface area contributed by atoms with E-state index in [1.165, 1.54) is 5.56 Å². The average Bonchev–Trinajstić information content (AvgIpc) is 2.96. The van der Waals surface area contributed by atoms with Gasteiger partial charge in [0.2, 0.25) is 0 Å². The van der Waals surface area contributed by atoms with Crippen LogP contribution in [0.4, 0.5) is 5.13 Å². The maximum absolute atomic E-state index is 4.25. The third-order valence-corrected chi connectivity index (χ3v) is 3.13. The number of pyridine rings is 1. The molecule has 3 aromatic heterocycles. The van der Waals surface area contributed by atoms with Gasteiger partial charge >= 0.3 is 0 Å². The van der Waals surface area contributed by atoms with Gasteiger partial charge in [0.1, 0.15) is 5.65 Å². The standard InChI is InChI=1S/C11H10N4S/c1-2-9-8(6-14-10(9)12-3-1)7-15-11-13-4-5-16-11/h1-6H,7H2,(H,12,14)(H,13,15). The minimum atomic E-state index is 0.763. The number of H-pyrrole nitrogens is 1. The Morgan fingerprint density at radius 1 is 1.31 bits per heavy atom. The fourth-order valence-corrected chi connectivity index (χ4v) is 2.17. The molecule has 4 nitrogen and oxygen atoms in total. The molecular weight excluding hydrogens is 220 g/mol. The molecule has 0 saturated heterocycles. The van der Waals surface area contributed by atoms with Gasteiger partial charge in [-0.1, -0.05) is 0 Å². The fraction of sp³-hybridized carbons (Fsp3) is 0.0909. The summed E-state index contributed by atoms with van der Waals surface area (Å²) in [6.07, 6.45) is 5.57. The first-order chi connectivity index (χ1) is 7.93. The highest BCUT2D eigenvalue weighted by Gasteiger charge is 2.03. The van der Waals surface area contributed by atoms with Gasteiger partial charge in [-0.2, -0.15) is 0 Å². The molecule has 0 saturated carbocycles. The predicted molar refractivity (Wildman–Crippen MR) is 65.5 cm³/mol. The maximum Gasteiger partial charge on any atom is 0.182 e. The first-order valence-corrected chi connectivity index (χ1v) is 5.86. The molecule has 0 aliphatic rings. The molecule has 16 heavy (non-hydrogen) atoms.